The fourth-order valence-electron chi connectivity index (χ4n) is 2.10. The zero-order valence-electron chi connectivity index (χ0n) is 12.4. The van der Waals surface area contributed by atoms with Crippen molar-refractivity contribution in [2.45, 2.75) is 39.3 Å². The summed E-state index contributed by atoms with van der Waals surface area (Å²) in [7, 11) is 0. The zero-order valence-corrected chi connectivity index (χ0v) is 13.2. The van der Waals surface area contributed by atoms with Crippen LogP contribution in [0.5, 0.6) is 0 Å². The van der Waals surface area contributed by atoms with Gasteiger partial charge in [-0.15, -0.1) is 0 Å². The third-order valence-electron chi connectivity index (χ3n) is 3.50. The molecule has 1 unspecified atom stereocenters. The standard InChI is InChI=1S/C16H21ClN2O2/c1-3-11(2)19-15(20)8-9-18-10-13-12-6-4-5-7-14(12)21-16(13)17/h4-7,11,18H,3,8-10H2,1-2H3,(H,19,20). The molecule has 1 amide bonds. The third-order valence-corrected chi connectivity index (χ3v) is 3.80. The van der Waals surface area contributed by atoms with Gasteiger partial charge in [-0.3, -0.25) is 4.79 Å². The van der Waals surface area contributed by atoms with Crippen molar-refractivity contribution < 1.29 is 9.21 Å². The molecule has 2 N–H and O–H groups in total. The van der Waals surface area contributed by atoms with E-state index >= 15 is 0 Å². The maximum atomic E-state index is 11.7. The molecule has 0 aliphatic heterocycles. The van der Waals surface area contributed by atoms with Crippen LogP contribution in [0, 0.1) is 0 Å². The molecule has 1 atom stereocenters. The van der Waals surface area contributed by atoms with Gasteiger partial charge in [0, 0.05) is 36.5 Å². The fraction of sp³-hybridized carbons (Fsp3) is 0.438. The predicted octanol–water partition coefficient (Wildman–Crippen LogP) is 3.48. The molecule has 0 saturated heterocycles. The summed E-state index contributed by atoms with van der Waals surface area (Å²) >= 11 is 6.11. The monoisotopic (exact) mass is 308 g/mol. The number of nitrogens with one attached hydrogen (secondary N) is 2. The van der Waals surface area contributed by atoms with Crippen LogP contribution in [0.1, 0.15) is 32.3 Å². The Morgan fingerprint density at radius 3 is 2.90 bits per heavy atom. The van der Waals surface area contributed by atoms with Crippen molar-refractivity contribution >= 4 is 28.5 Å². The zero-order chi connectivity index (χ0) is 15.2. The Bertz CT molecular complexity index is 609. The lowest BCUT2D eigenvalue weighted by Gasteiger charge is -2.11. The first-order valence-electron chi connectivity index (χ1n) is 7.27. The first-order chi connectivity index (χ1) is 10.1. The fourth-order valence-corrected chi connectivity index (χ4v) is 2.35. The van der Waals surface area contributed by atoms with Crippen LogP contribution in [0.2, 0.25) is 5.22 Å². The second kappa shape index (κ2) is 7.48. The van der Waals surface area contributed by atoms with Crippen molar-refractivity contribution in [3.05, 3.63) is 35.0 Å². The topological polar surface area (TPSA) is 54.3 Å². The maximum Gasteiger partial charge on any atom is 0.221 e. The molecular weight excluding hydrogens is 288 g/mol. The van der Waals surface area contributed by atoms with Crippen LogP contribution >= 0.6 is 11.6 Å². The van der Waals surface area contributed by atoms with Gasteiger partial charge in [-0.2, -0.15) is 0 Å². The molecule has 21 heavy (non-hydrogen) atoms. The molecular formula is C16H21ClN2O2. The Labute approximate surface area is 129 Å². The minimum absolute atomic E-state index is 0.0694. The molecule has 4 nitrogen and oxygen atoms in total. The molecule has 2 rings (SSSR count). The third kappa shape index (κ3) is 4.22. The van der Waals surface area contributed by atoms with Gasteiger partial charge in [0.2, 0.25) is 5.91 Å². The Balaban J connectivity index is 1.83. The van der Waals surface area contributed by atoms with Gasteiger partial charge in [-0.05, 0) is 31.0 Å². The molecule has 2 aromatic rings. The number of benzene rings is 1. The molecule has 0 aliphatic carbocycles. The van der Waals surface area contributed by atoms with E-state index in [1.807, 2.05) is 31.2 Å². The summed E-state index contributed by atoms with van der Waals surface area (Å²) in [6.45, 7) is 5.25. The minimum Gasteiger partial charge on any atom is -0.444 e. The van der Waals surface area contributed by atoms with Gasteiger partial charge >= 0.3 is 0 Å². The SMILES string of the molecule is CCC(C)NC(=O)CCNCc1c(Cl)oc2ccccc12. The van der Waals surface area contributed by atoms with Crippen LogP contribution in [-0.2, 0) is 11.3 Å². The number of halogens is 1. The smallest absolute Gasteiger partial charge is 0.221 e. The Hall–Kier alpha value is -1.52. The molecule has 1 heterocycles. The lowest BCUT2D eigenvalue weighted by molar-refractivity contribution is -0.121. The Kier molecular flexibility index (Phi) is 5.65. The summed E-state index contributed by atoms with van der Waals surface area (Å²) in [4.78, 5) is 11.7. The van der Waals surface area contributed by atoms with Crippen LogP contribution in [0.3, 0.4) is 0 Å². The van der Waals surface area contributed by atoms with Crippen molar-refractivity contribution in [2.75, 3.05) is 6.54 Å². The summed E-state index contributed by atoms with van der Waals surface area (Å²) in [5, 5.41) is 7.60. The number of amides is 1. The van der Waals surface area contributed by atoms with Crippen molar-refractivity contribution in [3.63, 3.8) is 0 Å². The molecule has 1 aromatic carbocycles. The van der Waals surface area contributed by atoms with E-state index in [-0.39, 0.29) is 11.9 Å². The highest BCUT2D eigenvalue weighted by Crippen LogP contribution is 2.29. The van der Waals surface area contributed by atoms with Crippen LogP contribution in [-0.4, -0.2) is 18.5 Å². The predicted molar refractivity (Wildman–Crippen MR) is 85.4 cm³/mol. The van der Waals surface area contributed by atoms with E-state index in [0.717, 1.165) is 23.0 Å². The first kappa shape index (κ1) is 15.9. The lowest BCUT2D eigenvalue weighted by Crippen LogP contribution is -2.33. The first-order valence-corrected chi connectivity index (χ1v) is 7.65. The number of furan rings is 1. The number of rotatable bonds is 7. The number of carbonyl (C=O) groups excluding carboxylic acids is 1. The van der Waals surface area contributed by atoms with Crippen LogP contribution in [0.15, 0.2) is 28.7 Å². The van der Waals surface area contributed by atoms with E-state index in [2.05, 4.69) is 17.6 Å². The second-order valence-electron chi connectivity index (χ2n) is 5.15. The molecule has 0 radical (unpaired) electrons. The molecule has 114 valence electrons. The summed E-state index contributed by atoms with van der Waals surface area (Å²) in [5.41, 5.74) is 1.73. The highest BCUT2D eigenvalue weighted by atomic mass is 35.5. The Morgan fingerprint density at radius 2 is 2.14 bits per heavy atom. The number of carbonyl (C=O) groups is 1. The van der Waals surface area contributed by atoms with Gasteiger partial charge in [0.1, 0.15) is 5.58 Å². The average Bonchev–Trinajstić information content (AvgIpc) is 2.79. The number of fused-ring (bicyclic) bond motifs is 1. The quantitative estimate of drug-likeness (QED) is 0.770. The maximum absolute atomic E-state index is 11.7. The van der Waals surface area contributed by atoms with E-state index in [0.29, 0.717) is 24.7 Å². The number of para-hydroxylation sites is 1. The molecule has 0 spiro atoms. The van der Waals surface area contributed by atoms with E-state index < -0.39 is 0 Å². The molecule has 0 fully saturated rings. The number of hydrogen-bond acceptors (Lipinski definition) is 3. The second-order valence-corrected chi connectivity index (χ2v) is 5.50. The van der Waals surface area contributed by atoms with Gasteiger partial charge in [0.25, 0.3) is 0 Å². The van der Waals surface area contributed by atoms with E-state index in [4.69, 9.17) is 16.0 Å². The van der Waals surface area contributed by atoms with E-state index in [1.54, 1.807) is 0 Å². The summed E-state index contributed by atoms with van der Waals surface area (Å²) < 4.78 is 5.49. The van der Waals surface area contributed by atoms with E-state index in [9.17, 15) is 4.79 Å². The van der Waals surface area contributed by atoms with Crippen molar-refractivity contribution in [2.24, 2.45) is 0 Å². The van der Waals surface area contributed by atoms with Crippen LogP contribution in [0.4, 0.5) is 0 Å². The molecule has 0 saturated carbocycles. The summed E-state index contributed by atoms with van der Waals surface area (Å²) in [6.07, 6.45) is 1.40. The molecule has 0 bridgehead atoms. The van der Waals surface area contributed by atoms with E-state index in [1.165, 1.54) is 0 Å². The highest BCUT2D eigenvalue weighted by molar-refractivity contribution is 6.30. The van der Waals surface area contributed by atoms with Gasteiger partial charge in [-0.25, -0.2) is 0 Å². The van der Waals surface area contributed by atoms with Crippen molar-refractivity contribution in [1.82, 2.24) is 10.6 Å². The summed E-state index contributed by atoms with van der Waals surface area (Å²) in [6, 6.07) is 7.97. The molecule has 5 heteroatoms. The van der Waals surface area contributed by atoms with Gasteiger partial charge in [0.05, 0.1) is 0 Å². The van der Waals surface area contributed by atoms with Gasteiger partial charge in [-0.1, -0.05) is 25.1 Å². The number of hydrogen-bond donors (Lipinski definition) is 2. The summed E-state index contributed by atoms with van der Waals surface area (Å²) in [5.74, 6) is 0.0694. The van der Waals surface area contributed by atoms with Crippen molar-refractivity contribution in [1.29, 1.82) is 0 Å². The van der Waals surface area contributed by atoms with Crippen LogP contribution in [0.25, 0.3) is 11.0 Å². The van der Waals surface area contributed by atoms with Crippen molar-refractivity contribution in [3.8, 4) is 0 Å². The minimum atomic E-state index is 0.0694. The highest BCUT2D eigenvalue weighted by Gasteiger charge is 2.11. The van der Waals surface area contributed by atoms with Crippen LogP contribution < -0.4 is 10.6 Å². The van der Waals surface area contributed by atoms with Gasteiger partial charge in [0.15, 0.2) is 5.22 Å². The van der Waals surface area contributed by atoms with Gasteiger partial charge < -0.3 is 15.1 Å². The molecule has 1 aromatic heterocycles. The largest absolute Gasteiger partial charge is 0.444 e. The molecule has 0 aliphatic rings. The Morgan fingerprint density at radius 1 is 1.38 bits per heavy atom. The average molecular weight is 309 g/mol. The normalized spacial score (nSPS) is 12.5. The lowest BCUT2D eigenvalue weighted by atomic mass is 10.2.